The van der Waals surface area contributed by atoms with Crippen LogP contribution in [0.5, 0.6) is 0 Å². The molecule has 0 aliphatic carbocycles. The van der Waals surface area contributed by atoms with Crippen LogP contribution in [0, 0.1) is 6.92 Å². The zero-order valence-electron chi connectivity index (χ0n) is 16.1. The van der Waals surface area contributed by atoms with Gasteiger partial charge in [0.25, 0.3) is 5.91 Å². The Bertz CT molecular complexity index is 1000. The summed E-state index contributed by atoms with van der Waals surface area (Å²) in [6, 6.07) is 23.0. The Morgan fingerprint density at radius 3 is 2.36 bits per heavy atom. The van der Waals surface area contributed by atoms with E-state index in [1.807, 2.05) is 17.9 Å². The Morgan fingerprint density at radius 1 is 0.929 bits per heavy atom. The number of aryl methyl sites for hydroxylation is 1. The maximum Gasteiger partial charge on any atom is 0.289 e. The van der Waals surface area contributed by atoms with Crippen molar-refractivity contribution >= 4 is 17.3 Å². The normalized spacial score (nSPS) is 17.8. The average Bonchev–Trinajstić information content (AvgIpc) is 3.31. The van der Waals surface area contributed by atoms with Crippen LogP contribution in [0.15, 0.2) is 71.1 Å². The number of amides is 1. The highest BCUT2D eigenvalue weighted by Crippen LogP contribution is 2.49. The molecule has 4 heteroatoms. The second-order valence-electron chi connectivity index (χ2n) is 7.92. The van der Waals surface area contributed by atoms with Crippen LogP contribution in [0.25, 0.3) is 0 Å². The van der Waals surface area contributed by atoms with Gasteiger partial charge >= 0.3 is 0 Å². The first-order valence-electron chi connectivity index (χ1n) is 9.94. The predicted octanol–water partition coefficient (Wildman–Crippen LogP) is 4.91. The van der Waals surface area contributed by atoms with E-state index in [1.165, 1.54) is 16.9 Å². The lowest BCUT2D eigenvalue weighted by Crippen LogP contribution is -2.46. The van der Waals surface area contributed by atoms with Gasteiger partial charge < -0.3 is 14.2 Å². The van der Waals surface area contributed by atoms with Gasteiger partial charge in [0, 0.05) is 36.4 Å². The number of furan rings is 1. The van der Waals surface area contributed by atoms with E-state index in [2.05, 4.69) is 59.5 Å². The number of nitrogens with zero attached hydrogens (tertiary/aromatic N) is 2. The third kappa shape index (κ3) is 2.71. The number of hydrogen-bond acceptors (Lipinski definition) is 3. The molecule has 2 aliphatic heterocycles. The fourth-order valence-corrected chi connectivity index (χ4v) is 4.74. The molecule has 0 N–H and O–H groups in total. The summed E-state index contributed by atoms with van der Waals surface area (Å²) < 4.78 is 5.55. The summed E-state index contributed by atoms with van der Waals surface area (Å²) in [5, 5.41) is 0. The number of anilines is 2. The monoisotopic (exact) mass is 372 g/mol. The molecule has 0 unspecified atom stereocenters. The molecule has 5 rings (SSSR count). The third-order valence-electron chi connectivity index (χ3n) is 6.25. The molecule has 142 valence electrons. The fourth-order valence-electron chi connectivity index (χ4n) is 4.74. The van der Waals surface area contributed by atoms with Crippen LogP contribution in [-0.2, 0) is 5.41 Å². The van der Waals surface area contributed by atoms with Gasteiger partial charge in [0.05, 0.1) is 0 Å². The quantitative estimate of drug-likeness (QED) is 0.641. The van der Waals surface area contributed by atoms with E-state index in [-0.39, 0.29) is 11.3 Å². The first-order valence-corrected chi connectivity index (χ1v) is 9.94. The van der Waals surface area contributed by atoms with Crippen LogP contribution in [0.1, 0.15) is 34.7 Å². The molecule has 0 radical (unpaired) electrons. The summed E-state index contributed by atoms with van der Waals surface area (Å²) in [6.07, 6.45) is 1.94. The Hall–Kier alpha value is -3.01. The van der Waals surface area contributed by atoms with Gasteiger partial charge in [0.1, 0.15) is 5.76 Å². The molecule has 1 fully saturated rings. The maximum atomic E-state index is 12.8. The molecule has 1 amide bonds. The molecule has 1 spiro atoms. The van der Waals surface area contributed by atoms with Crippen LogP contribution in [0.3, 0.4) is 0 Å². The minimum atomic E-state index is 0.00847. The van der Waals surface area contributed by atoms with Gasteiger partial charge in [0.2, 0.25) is 0 Å². The van der Waals surface area contributed by atoms with Crippen molar-refractivity contribution in [1.82, 2.24) is 4.90 Å². The largest absolute Gasteiger partial charge is 0.456 e. The standard InChI is InChI=1S/C24H24N2O2/c1-18-11-12-22(28-18)23(27)25-15-13-24(14-16-25)17-26(19-7-3-2-4-8-19)21-10-6-5-9-20(21)24/h2-12H,13-17H2,1H3. The molecular formula is C24H24N2O2. The highest BCUT2D eigenvalue weighted by atomic mass is 16.3. The fraction of sp³-hybridized carbons (Fsp3) is 0.292. The van der Waals surface area contributed by atoms with Crippen LogP contribution >= 0.6 is 0 Å². The van der Waals surface area contributed by atoms with Crippen molar-refractivity contribution in [2.45, 2.75) is 25.2 Å². The number of carbonyl (C=O) groups excluding carboxylic acids is 1. The van der Waals surface area contributed by atoms with E-state index in [0.717, 1.165) is 38.2 Å². The number of hydrogen-bond donors (Lipinski definition) is 0. The van der Waals surface area contributed by atoms with E-state index in [9.17, 15) is 4.79 Å². The Balaban J connectivity index is 1.40. The van der Waals surface area contributed by atoms with Crippen molar-refractivity contribution in [3.63, 3.8) is 0 Å². The summed E-state index contributed by atoms with van der Waals surface area (Å²) in [5.41, 5.74) is 4.05. The highest BCUT2D eigenvalue weighted by molar-refractivity contribution is 5.91. The molecule has 0 saturated carbocycles. The van der Waals surface area contributed by atoms with Crippen LogP contribution in [0.2, 0.25) is 0 Å². The Morgan fingerprint density at radius 2 is 1.64 bits per heavy atom. The average molecular weight is 372 g/mol. The lowest BCUT2D eigenvalue weighted by molar-refractivity contribution is 0.0641. The van der Waals surface area contributed by atoms with Gasteiger partial charge in [-0.2, -0.15) is 0 Å². The third-order valence-corrected chi connectivity index (χ3v) is 6.25. The second kappa shape index (κ2) is 6.55. The van der Waals surface area contributed by atoms with Gasteiger partial charge in [-0.3, -0.25) is 4.79 Å². The number of piperidine rings is 1. The van der Waals surface area contributed by atoms with Crippen LogP contribution in [0.4, 0.5) is 11.4 Å². The number of carbonyl (C=O) groups is 1. The molecule has 2 aromatic carbocycles. The molecular weight excluding hydrogens is 348 g/mol. The molecule has 4 nitrogen and oxygen atoms in total. The Labute approximate surface area is 165 Å². The second-order valence-corrected chi connectivity index (χ2v) is 7.92. The molecule has 1 saturated heterocycles. The summed E-state index contributed by atoms with van der Waals surface area (Å²) in [5.74, 6) is 1.24. The minimum absolute atomic E-state index is 0.00847. The Kier molecular flexibility index (Phi) is 4.00. The maximum absolute atomic E-state index is 12.8. The van der Waals surface area contributed by atoms with Gasteiger partial charge in [-0.25, -0.2) is 0 Å². The van der Waals surface area contributed by atoms with E-state index in [0.29, 0.717) is 5.76 Å². The molecule has 0 bridgehead atoms. The van der Waals surface area contributed by atoms with Crippen molar-refractivity contribution in [3.05, 3.63) is 83.8 Å². The summed E-state index contributed by atoms with van der Waals surface area (Å²) in [4.78, 5) is 17.1. The van der Waals surface area contributed by atoms with Crippen LogP contribution in [-0.4, -0.2) is 30.4 Å². The van der Waals surface area contributed by atoms with Crippen molar-refractivity contribution < 1.29 is 9.21 Å². The number of benzene rings is 2. The van der Waals surface area contributed by atoms with Crippen molar-refractivity contribution in [1.29, 1.82) is 0 Å². The first-order chi connectivity index (χ1) is 13.7. The first kappa shape index (κ1) is 17.1. The predicted molar refractivity (Wildman–Crippen MR) is 110 cm³/mol. The van der Waals surface area contributed by atoms with Gasteiger partial charge in [0.15, 0.2) is 5.76 Å². The van der Waals surface area contributed by atoms with E-state index < -0.39 is 0 Å². The zero-order valence-corrected chi connectivity index (χ0v) is 16.1. The van der Waals surface area contributed by atoms with E-state index in [1.54, 1.807) is 6.07 Å². The van der Waals surface area contributed by atoms with Gasteiger partial charge in [-0.05, 0) is 55.7 Å². The van der Waals surface area contributed by atoms with Crippen molar-refractivity contribution in [2.24, 2.45) is 0 Å². The zero-order chi connectivity index (χ0) is 19.1. The number of rotatable bonds is 2. The molecule has 0 atom stereocenters. The molecule has 28 heavy (non-hydrogen) atoms. The summed E-state index contributed by atoms with van der Waals surface area (Å²) in [6.45, 7) is 4.36. The smallest absolute Gasteiger partial charge is 0.289 e. The summed E-state index contributed by atoms with van der Waals surface area (Å²) in [7, 11) is 0. The van der Waals surface area contributed by atoms with Crippen LogP contribution < -0.4 is 4.90 Å². The number of likely N-dealkylation sites (tertiary alicyclic amines) is 1. The molecule has 3 heterocycles. The topological polar surface area (TPSA) is 36.7 Å². The number of fused-ring (bicyclic) bond motifs is 2. The molecule has 1 aromatic heterocycles. The SMILES string of the molecule is Cc1ccc(C(=O)N2CCC3(CC2)CN(c2ccccc2)c2ccccc23)o1. The number of para-hydroxylation sites is 2. The lowest BCUT2D eigenvalue weighted by Gasteiger charge is -2.39. The van der Waals surface area contributed by atoms with Gasteiger partial charge in [-0.15, -0.1) is 0 Å². The van der Waals surface area contributed by atoms with E-state index in [4.69, 9.17) is 4.42 Å². The molecule has 3 aromatic rings. The lowest BCUT2D eigenvalue weighted by atomic mass is 9.74. The molecule has 2 aliphatic rings. The van der Waals surface area contributed by atoms with Crippen molar-refractivity contribution in [3.8, 4) is 0 Å². The van der Waals surface area contributed by atoms with Crippen molar-refractivity contribution in [2.75, 3.05) is 24.5 Å². The highest BCUT2D eigenvalue weighted by Gasteiger charge is 2.45. The van der Waals surface area contributed by atoms with Gasteiger partial charge in [-0.1, -0.05) is 36.4 Å². The minimum Gasteiger partial charge on any atom is -0.456 e. The summed E-state index contributed by atoms with van der Waals surface area (Å²) >= 11 is 0. The van der Waals surface area contributed by atoms with E-state index >= 15 is 0 Å².